The number of aryl methyl sites for hydroxylation is 1. The molecule has 0 spiro atoms. The zero-order valence-corrected chi connectivity index (χ0v) is 11.6. The lowest BCUT2D eigenvalue weighted by atomic mass is 10.2. The van der Waals surface area contributed by atoms with Crippen molar-refractivity contribution in [1.29, 1.82) is 0 Å². The first-order chi connectivity index (χ1) is 8.19. The van der Waals surface area contributed by atoms with Gasteiger partial charge in [-0.05, 0) is 24.6 Å². The van der Waals surface area contributed by atoms with E-state index in [9.17, 15) is 4.39 Å². The van der Waals surface area contributed by atoms with Gasteiger partial charge in [-0.15, -0.1) is 11.3 Å². The van der Waals surface area contributed by atoms with E-state index in [-0.39, 0.29) is 11.6 Å². The number of alkyl halides is 1. The largest absolute Gasteiger partial charge is 0.484 e. The van der Waals surface area contributed by atoms with E-state index in [0.717, 1.165) is 16.3 Å². The fraction of sp³-hybridized carbons (Fsp3) is 0.250. The Kier molecular flexibility index (Phi) is 4.12. The number of hydrogen-bond donors (Lipinski definition) is 0. The first-order valence-electron chi connectivity index (χ1n) is 5.07. The molecule has 5 heteroatoms. The Morgan fingerprint density at radius 3 is 2.88 bits per heavy atom. The van der Waals surface area contributed by atoms with Crippen LogP contribution in [0.5, 0.6) is 5.75 Å². The Balaban J connectivity index is 2.04. The van der Waals surface area contributed by atoms with Crippen LogP contribution in [0.4, 0.5) is 4.39 Å². The fourth-order valence-corrected chi connectivity index (χ4v) is 2.32. The Bertz CT molecular complexity index is 515. The molecule has 0 aliphatic carbocycles. The predicted octanol–water partition coefficient (Wildman–Crippen LogP) is 4.06. The van der Waals surface area contributed by atoms with Gasteiger partial charge in [-0.1, -0.05) is 22.0 Å². The van der Waals surface area contributed by atoms with Crippen molar-refractivity contribution >= 4 is 27.3 Å². The number of halogens is 2. The van der Waals surface area contributed by atoms with E-state index < -0.39 is 0 Å². The van der Waals surface area contributed by atoms with Gasteiger partial charge in [0.2, 0.25) is 0 Å². The van der Waals surface area contributed by atoms with Gasteiger partial charge < -0.3 is 4.74 Å². The van der Waals surface area contributed by atoms with Gasteiger partial charge in [-0.2, -0.15) is 0 Å². The normalized spacial score (nSPS) is 10.5. The van der Waals surface area contributed by atoms with E-state index in [1.807, 2.05) is 18.4 Å². The molecule has 17 heavy (non-hydrogen) atoms. The highest BCUT2D eigenvalue weighted by Crippen LogP contribution is 2.21. The fourth-order valence-electron chi connectivity index (χ4n) is 1.37. The Hall–Kier alpha value is -0.940. The molecule has 1 aromatic heterocycles. The van der Waals surface area contributed by atoms with Crippen molar-refractivity contribution in [3.8, 4) is 5.75 Å². The molecule has 0 saturated carbocycles. The first-order valence-corrected chi connectivity index (χ1v) is 7.07. The summed E-state index contributed by atoms with van der Waals surface area (Å²) in [6.07, 6.45) is 0. The SMILES string of the molecule is Cc1nc(COc2ccc(CBr)cc2F)cs1. The average molecular weight is 316 g/mol. The Labute approximate surface area is 112 Å². The van der Waals surface area contributed by atoms with Crippen molar-refractivity contribution < 1.29 is 9.13 Å². The predicted molar refractivity (Wildman–Crippen MR) is 70.2 cm³/mol. The van der Waals surface area contributed by atoms with Crippen LogP contribution in [-0.2, 0) is 11.9 Å². The van der Waals surface area contributed by atoms with Crippen molar-refractivity contribution in [2.24, 2.45) is 0 Å². The summed E-state index contributed by atoms with van der Waals surface area (Å²) in [4.78, 5) is 4.25. The van der Waals surface area contributed by atoms with Crippen molar-refractivity contribution in [1.82, 2.24) is 4.98 Å². The van der Waals surface area contributed by atoms with Gasteiger partial charge >= 0.3 is 0 Å². The van der Waals surface area contributed by atoms with Crippen molar-refractivity contribution in [3.05, 3.63) is 45.7 Å². The molecular weight excluding hydrogens is 305 g/mol. The van der Waals surface area contributed by atoms with Gasteiger partial charge in [-0.3, -0.25) is 0 Å². The molecule has 1 aromatic carbocycles. The number of thiazole rings is 1. The molecule has 0 unspecified atom stereocenters. The Morgan fingerprint density at radius 1 is 1.47 bits per heavy atom. The van der Waals surface area contributed by atoms with E-state index >= 15 is 0 Å². The maximum absolute atomic E-state index is 13.6. The quantitative estimate of drug-likeness (QED) is 0.794. The smallest absolute Gasteiger partial charge is 0.165 e. The van der Waals surface area contributed by atoms with Crippen LogP contribution in [-0.4, -0.2) is 4.98 Å². The third-order valence-electron chi connectivity index (χ3n) is 2.19. The molecule has 2 aromatic rings. The van der Waals surface area contributed by atoms with Gasteiger partial charge in [0.25, 0.3) is 0 Å². The summed E-state index contributed by atoms with van der Waals surface area (Å²) in [5.74, 6) is -0.0748. The molecule has 90 valence electrons. The summed E-state index contributed by atoms with van der Waals surface area (Å²) in [7, 11) is 0. The van der Waals surface area contributed by atoms with E-state index in [4.69, 9.17) is 4.74 Å². The molecule has 2 nitrogen and oxygen atoms in total. The van der Waals surface area contributed by atoms with E-state index in [1.165, 1.54) is 6.07 Å². The van der Waals surface area contributed by atoms with Gasteiger partial charge in [0.15, 0.2) is 11.6 Å². The zero-order valence-electron chi connectivity index (χ0n) is 9.24. The third kappa shape index (κ3) is 3.26. The summed E-state index contributed by atoms with van der Waals surface area (Å²) >= 11 is 4.84. The topological polar surface area (TPSA) is 22.1 Å². The number of rotatable bonds is 4. The van der Waals surface area contributed by atoms with Crippen molar-refractivity contribution in [3.63, 3.8) is 0 Å². The molecule has 0 fully saturated rings. The second-order valence-corrected chi connectivity index (χ2v) is 5.17. The van der Waals surface area contributed by atoms with Gasteiger partial charge in [-0.25, -0.2) is 9.37 Å². The molecule has 0 atom stereocenters. The zero-order chi connectivity index (χ0) is 12.3. The number of aromatic nitrogens is 1. The van der Waals surface area contributed by atoms with E-state index in [0.29, 0.717) is 11.9 Å². The van der Waals surface area contributed by atoms with Crippen LogP contribution in [0.25, 0.3) is 0 Å². The Morgan fingerprint density at radius 2 is 2.29 bits per heavy atom. The monoisotopic (exact) mass is 315 g/mol. The van der Waals surface area contributed by atoms with Crippen LogP contribution in [0.3, 0.4) is 0 Å². The molecule has 0 bridgehead atoms. The van der Waals surface area contributed by atoms with Crippen LogP contribution in [0, 0.1) is 12.7 Å². The number of hydrogen-bond acceptors (Lipinski definition) is 3. The lowest BCUT2D eigenvalue weighted by molar-refractivity contribution is 0.286. The van der Waals surface area contributed by atoms with Crippen LogP contribution in [0.15, 0.2) is 23.6 Å². The van der Waals surface area contributed by atoms with Crippen molar-refractivity contribution in [2.45, 2.75) is 18.9 Å². The van der Waals surface area contributed by atoms with Crippen LogP contribution in [0.2, 0.25) is 0 Å². The van der Waals surface area contributed by atoms with Crippen molar-refractivity contribution in [2.75, 3.05) is 0 Å². The summed E-state index contributed by atoms with van der Waals surface area (Å²) in [5.41, 5.74) is 1.72. The minimum absolute atomic E-state index is 0.264. The van der Waals surface area contributed by atoms with E-state index in [1.54, 1.807) is 17.4 Å². The number of ether oxygens (including phenoxy) is 1. The summed E-state index contributed by atoms with van der Waals surface area (Å²) in [6.45, 7) is 2.23. The molecule has 2 rings (SSSR count). The lowest BCUT2D eigenvalue weighted by Crippen LogP contribution is -1.98. The molecule has 0 N–H and O–H groups in total. The molecule has 0 aliphatic heterocycles. The van der Waals surface area contributed by atoms with Gasteiger partial charge in [0.05, 0.1) is 10.7 Å². The molecular formula is C12H11BrFNOS. The van der Waals surface area contributed by atoms with Gasteiger partial charge in [0.1, 0.15) is 6.61 Å². The molecule has 0 aliphatic rings. The number of nitrogens with zero attached hydrogens (tertiary/aromatic N) is 1. The summed E-state index contributed by atoms with van der Waals surface area (Å²) < 4.78 is 19.0. The summed E-state index contributed by atoms with van der Waals surface area (Å²) in [6, 6.07) is 4.95. The summed E-state index contributed by atoms with van der Waals surface area (Å²) in [5, 5.41) is 3.54. The molecule has 1 heterocycles. The number of benzene rings is 1. The average Bonchev–Trinajstić information content (AvgIpc) is 2.73. The van der Waals surface area contributed by atoms with Crippen LogP contribution >= 0.6 is 27.3 Å². The third-order valence-corrected chi connectivity index (χ3v) is 3.66. The van der Waals surface area contributed by atoms with Crippen LogP contribution < -0.4 is 4.74 Å². The minimum atomic E-state index is -0.339. The molecule has 0 amide bonds. The maximum Gasteiger partial charge on any atom is 0.165 e. The lowest BCUT2D eigenvalue weighted by Gasteiger charge is -2.06. The highest BCUT2D eigenvalue weighted by atomic mass is 79.9. The first kappa shape index (κ1) is 12.5. The second-order valence-electron chi connectivity index (χ2n) is 3.54. The molecule has 0 radical (unpaired) electrons. The molecule has 0 saturated heterocycles. The van der Waals surface area contributed by atoms with Gasteiger partial charge in [0, 0.05) is 10.7 Å². The minimum Gasteiger partial charge on any atom is -0.484 e. The second kappa shape index (κ2) is 5.60. The van der Waals surface area contributed by atoms with E-state index in [2.05, 4.69) is 20.9 Å². The van der Waals surface area contributed by atoms with Crippen LogP contribution in [0.1, 0.15) is 16.3 Å². The standard InChI is InChI=1S/C12H11BrFNOS/c1-8-15-10(7-17-8)6-16-12-3-2-9(5-13)4-11(12)14/h2-4,7H,5-6H2,1H3. The highest BCUT2D eigenvalue weighted by Gasteiger charge is 2.06. The highest BCUT2D eigenvalue weighted by molar-refractivity contribution is 9.08. The maximum atomic E-state index is 13.6.